The normalized spacial score (nSPS) is 23.2. The summed E-state index contributed by atoms with van der Waals surface area (Å²) in [5.74, 6) is 2.03. The molecule has 2 saturated heterocycles. The van der Waals surface area contributed by atoms with Crippen LogP contribution in [0.3, 0.4) is 0 Å². The highest BCUT2D eigenvalue weighted by Gasteiger charge is 2.22. The summed E-state index contributed by atoms with van der Waals surface area (Å²) in [5, 5.41) is 3.02. The topological polar surface area (TPSA) is 75.6 Å². The molecule has 0 amide bonds. The van der Waals surface area contributed by atoms with E-state index in [4.69, 9.17) is 9.47 Å². The molecule has 0 bridgehead atoms. The Morgan fingerprint density at radius 1 is 1.00 bits per heavy atom. The molecule has 21 heavy (non-hydrogen) atoms. The Labute approximate surface area is 124 Å². The fourth-order valence-corrected chi connectivity index (χ4v) is 2.51. The molecule has 0 aliphatic carbocycles. The van der Waals surface area contributed by atoms with Crippen LogP contribution in [0.25, 0.3) is 0 Å². The predicted octanol–water partition coefficient (Wildman–Crippen LogP) is -0.0250. The predicted molar refractivity (Wildman–Crippen MR) is 80.0 cm³/mol. The monoisotopic (exact) mass is 294 g/mol. The molecule has 1 unspecified atom stereocenters. The lowest BCUT2D eigenvalue weighted by Gasteiger charge is -2.32. The van der Waals surface area contributed by atoms with Gasteiger partial charge in [0.1, 0.15) is 0 Å². The van der Waals surface area contributed by atoms with Gasteiger partial charge in [0, 0.05) is 33.2 Å². The van der Waals surface area contributed by atoms with Crippen LogP contribution in [-0.4, -0.2) is 74.1 Å². The molecule has 2 fully saturated rings. The van der Waals surface area contributed by atoms with E-state index in [-0.39, 0.29) is 6.10 Å². The Balaban J connectivity index is 1.85. The van der Waals surface area contributed by atoms with Crippen molar-refractivity contribution in [3.05, 3.63) is 0 Å². The van der Waals surface area contributed by atoms with Gasteiger partial charge in [-0.05, 0) is 6.92 Å². The molecular weight excluding hydrogens is 272 g/mol. The van der Waals surface area contributed by atoms with Crippen LogP contribution in [0.2, 0.25) is 0 Å². The van der Waals surface area contributed by atoms with Crippen LogP contribution in [-0.2, 0) is 9.47 Å². The molecule has 0 aromatic carbocycles. The summed E-state index contributed by atoms with van der Waals surface area (Å²) >= 11 is 0. The van der Waals surface area contributed by atoms with E-state index in [0.29, 0.717) is 37.7 Å². The number of ether oxygens (including phenoxy) is 2. The van der Waals surface area contributed by atoms with Crippen LogP contribution in [0, 0.1) is 0 Å². The van der Waals surface area contributed by atoms with Crippen molar-refractivity contribution in [1.82, 2.24) is 15.0 Å². The molecular formula is C13H22N6O2. The highest BCUT2D eigenvalue weighted by molar-refractivity contribution is 5.45. The molecule has 2 aliphatic rings. The zero-order valence-corrected chi connectivity index (χ0v) is 12.6. The van der Waals surface area contributed by atoms with Gasteiger partial charge in [-0.1, -0.05) is 0 Å². The lowest BCUT2D eigenvalue weighted by molar-refractivity contribution is 0.0526. The molecule has 0 radical (unpaired) electrons. The Morgan fingerprint density at radius 2 is 1.67 bits per heavy atom. The van der Waals surface area contributed by atoms with Crippen LogP contribution in [0.1, 0.15) is 6.92 Å². The molecule has 1 aromatic rings. The number of nitrogens with zero attached hydrogens (tertiary/aromatic N) is 5. The fraction of sp³-hybridized carbons (Fsp3) is 0.769. The number of nitrogens with one attached hydrogen (secondary N) is 1. The minimum Gasteiger partial charge on any atom is -0.378 e. The largest absolute Gasteiger partial charge is 0.378 e. The second-order valence-corrected chi connectivity index (χ2v) is 5.24. The maximum absolute atomic E-state index is 5.58. The first-order valence-corrected chi connectivity index (χ1v) is 7.39. The maximum atomic E-state index is 5.58. The molecule has 8 nitrogen and oxygen atoms in total. The van der Waals surface area contributed by atoms with Crippen molar-refractivity contribution < 1.29 is 9.47 Å². The minimum atomic E-state index is 0.195. The van der Waals surface area contributed by atoms with Gasteiger partial charge in [0.15, 0.2) is 0 Å². The molecule has 3 heterocycles. The van der Waals surface area contributed by atoms with Crippen molar-refractivity contribution in [1.29, 1.82) is 0 Å². The van der Waals surface area contributed by atoms with Gasteiger partial charge in [0.25, 0.3) is 0 Å². The Morgan fingerprint density at radius 3 is 2.33 bits per heavy atom. The molecule has 116 valence electrons. The van der Waals surface area contributed by atoms with Gasteiger partial charge in [-0.15, -0.1) is 0 Å². The SMILES string of the molecule is CNc1nc(N2CCOCC2)nc(N2CCOC(C)C2)n1. The van der Waals surface area contributed by atoms with Gasteiger partial charge < -0.3 is 24.6 Å². The average molecular weight is 294 g/mol. The molecule has 1 atom stereocenters. The van der Waals surface area contributed by atoms with E-state index in [9.17, 15) is 0 Å². The summed E-state index contributed by atoms with van der Waals surface area (Å²) in [5.41, 5.74) is 0. The van der Waals surface area contributed by atoms with Gasteiger partial charge in [0.05, 0.1) is 25.9 Å². The van der Waals surface area contributed by atoms with E-state index in [2.05, 4.69) is 37.0 Å². The van der Waals surface area contributed by atoms with Crippen molar-refractivity contribution >= 4 is 17.8 Å². The smallest absolute Gasteiger partial charge is 0.232 e. The van der Waals surface area contributed by atoms with Gasteiger partial charge >= 0.3 is 0 Å². The van der Waals surface area contributed by atoms with E-state index in [1.165, 1.54) is 0 Å². The Hall–Kier alpha value is -1.67. The summed E-state index contributed by atoms with van der Waals surface area (Å²) in [7, 11) is 1.82. The van der Waals surface area contributed by atoms with Crippen LogP contribution in [0.15, 0.2) is 0 Å². The number of anilines is 3. The third-order valence-electron chi connectivity index (χ3n) is 3.65. The van der Waals surface area contributed by atoms with Crippen molar-refractivity contribution in [2.75, 3.05) is 68.2 Å². The molecule has 8 heteroatoms. The van der Waals surface area contributed by atoms with E-state index in [0.717, 1.165) is 26.2 Å². The lowest BCUT2D eigenvalue weighted by Crippen LogP contribution is -2.43. The van der Waals surface area contributed by atoms with Crippen LogP contribution in [0.5, 0.6) is 0 Å². The Kier molecular flexibility index (Phi) is 4.35. The number of hydrogen-bond acceptors (Lipinski definition) is 8. The van der Waals surface area contributed by atoms with Gasteiger partial charge in [-0.2, -0.15) is 15.0 Å². The molecule has 2 aliphatic heterocycles. The van der Waals surface area contributed by atoms with Crippen molar-refractivity contribution in [3.63, 3.8) is 0 Å². The highest BCUT2D eigenvalue weighted by Crippen LogP contribution is 2.19. The van der Waals surface area contributed by atoms with Gasteiger partial charge in [-0.3, -0.25) is 0 Å². The van der Waals surface area contributed by atoms with E-state index >= 15 is 0 Å². The van der Waals surface area contributed by atoms with Crippen LogP contribution < -0.4 is 15.1 Å². The third-order valence-corrected chi connectivity index (χ3v) is 3.65. The first-order valence-electron chi connectivity index (χ1n) is 7.39. The van der Waals surface area contributed by atoms with E-state index < -0.39 is 0 Å². The highest BCUT2D eigenvalue weighted by atomic mass is 16.5. The summed E-state index contributed by atoms with van der Waals surface area (Å²) in [6.45, 7) is 7.42. The summed E-state index contributed by atoms with van der Waals surface area (Å²) < 4.78 is 11.0. The summed E-state index contributed by atoms with van der Waals surface area (Å²) in [6.07, 6.45) is 0.195. The molecule has 1 aromatic heterocycles. The first-order chi connectivity index (χ1) is 10.3. The number of aromatic nitrogens is 3. The van der Waals surface area contributed by atoms with E-state index in [1.807, 2.05) is 7.05 Å². The number of hydrogen-bond donors (Lipinski definition) is 1. The molecule has 0 saturated carbocycles. The second kappa shape index (κ2) is 6.40. The zero-order chi connectivity index (χ0) is 14.7. The lowest BCUT2D eigenvalue weighted by atomic mass is 10.3. The van der Waals surface area contributed by atoms with Crippen molar-refractivity contribution in [2.45, 2.75) is 13.0 Å². The van der Waals surface area contributed by atoms with Crippen molar-refractivity contribution in [2.24, 2.45) is 0 Å². The third kappa shape index (κ3) is 3.33. The quantitative estimate of drug-likeness (QED) is 0.833. The van der Waals surface area contributed by atoms with Gasteiger partial charge in [-0.25, -0.2) is 0 Å². The van der Waals surface area contributed by atoms with Crippen LogP contribution >= 0.6 is 0 Å². The summed E-state index contributed by atoms with van der Waals surface area (Å²) in [4.78, 5) is 17.9. The van der Waals surface area contributed by atoms with Crippen LogP contribution in [0.4, 0.5) is 17.8 Å². The van der Waals surface area contributed by atoms with Gasteiger partial charge in [0.2, 0.25) is 17.8 Å². The Bertz CT molecular complexity index is 480. The average Bonchev–Trinajstić information content (AvgIpc) is 2.55. The van der Waals surface area contributed by atoms with E-state index in [1.54, 1.807) is 0 Å². The standard InChI is InChI=1S/C13H22N6O2/c1-10-9-19(5-8-21-10)13-16-11(14-2)15-12(17-13)18-3-6-20-7-4-18/h10H,3-9H2,1-2H3,(H,14,15,16,17). The zero-order valence-electron chi connectivity index (χ0n) is 12.6. The number of morpholine rings is 2. The molecule has 3 rings (SSSR count). The first kappa shape index (κ1) is 14.3. The minimum absolute atomic E-state index is 0.195. The number of rotatable bonds is 3. The maximum Gasteiger partial charge on any atom is 0.232 e. The summed E-state index contributed by atoms with van der Waals surface area (Å²) in [6, 6.07) is 0. The fourth-order valence-electron chi connectivity index (χ4n) is 2.51. The molecule has 0 spiro atoms. The van der Waals surface area contributed by atoms with Crippen molar-refractivity contribution in [3.8, 4) is 0 Å². The molecule has 1 N–H and O–H groups in total. The second-order valence-electron chi connectivity index (χ2n) is 5.24.